The first kappa shape index (κ1) is 18.9. The first-order valence-electron chi connectivity index (χ1n) is 8.07. The lowest BCUT2D eigenvalue weighted by Gasteiger charge is -2.20. The van der Waals surface area contributed by atoms with Crippen molar-refractivity contribution in [3.05, 3.63) is 41.5 Å². The van der Waals surface area contributed by atoms with Crippen molar-refractivity contribution < 1.29 is 15.2 Å². The molecule has 0 heterocycles. The van der Waals surface area contributed by atoms with Gasteiger partial charge in [0.15, 0.2) is 0 Å². The summed E-state index contributed by atoms with van der Waals surface area (Å²) in [6.45, 7) is 3.51. The Morgan fingerprint density at radius 2 is 1.91 bits per heavy atom. The van der Waals surface area contributed by atoms with Crippen LogP contribution in [-0.2, 0) is 6.42 Å². The molecule has 4 nitrogen and oxygen atoms in total. The van der Waals surface area contributed by atoms with Gasteiger partial charge >= 0.3 is 7.05 Å². The van der Waals surface area contributed by atoms with Gasteiger partial charge in [0.05, 0.1) is 18.8 Å². The van der Waals surface area contributed by atoms with E-state index in [1.165, 1.54) is 24.8 Å². The summed E-state index contributed by atoms with van der Waals surface area (Å²) in [5.74, 6) is 0. The van der Waals surface area contributed by atoms with Crippen molar-refractivity contribution in [2.24, 2.45) is 0 Å². The summed E-state index contributed by atoms with van der Waals surface area (Å²) in [6, 6.07) is 7.70. The fourth-order valence-corrected chi connectivity index (χ4v) is 2.29. The molecule has 0 amide bonds. The Morgan fingerprint density at radius 3 is 2.45 bits per heavy atom. The first-order chi connectivity index (χ1) is 10.6. The van der Waals surface area contributed by atoms with E-state index in [1.54, 1.807) is 12.9 Å². The predicted octanol–water partition coefficient (Wildman–Crippen LogP) is 1.85. The maximum atomic E-state index is 10.00. The Balaban J connectivity index is 2.54. The average molecular weight is 305 g/mol. The molecule has 0 aliphatic rings. The fourth-order valence-electron chi connectivity index (χ4n) is 2.29. The second-order valence-electron chi connectivity index (χ2n) is 5.68. The monoisotopic (exact) mass is 305 g/mol. The van der Waals surface area contributed by atoms with Crippen LogP contribution >= 0.6 is 0 Å². The minimum absolute atomic E-state index is 0.243. The van der Waals surface area contributed by atoms with Gasteiger partial charge in [-0.3, -0.25) is 0 Å². The Labute approximate surface area is 134 Å². The van der Waals surface area contributed by atoms with E-state index >= 15 is 0 Å². The maximum Gasteiger partial charge on any atom is 0.374 e. The van der Waals surface area contributed by atoms with Crippen LogP contribution in [0.1, 0.15) is 37.3 Å². The molecule has 0 fully saturated rings. The summed E-state index contributed by atoms with van der Waals surface area (Å²) in [4.78, 5) is 0. The van der Waals surface area contributed by atoms with Crippen LogP contribution in [0, 0.1) is 0 Å². The molecule has 0 aliphatic heterocycles. The third-order valence-electron chi connectivity index (χ3n) is 3.60. The van der Waals surface area contributed by atoms with Gasteiger partial charge in [-0.15, -0.1) is 0 Å². The number of unbranched alkanes of at least 4 members (excludes halogenated alkanes) is 2. The van der Waals surface area contributed by atoms with Gasteiger partial charge in [-0.2, -0.15) is 0 Å². The highest BCUT2D eigenvalue weighted by Crippen LogP contribution is 2.11. The predicted molar refractivity (Wildman–Crippen MR) is 92.6 cm³/mol. The van der Waals surface area contributed by atoms with Crippen LogP contribution in [0.4, 0.5) is 0 Å². The van der Waals surface area contributed by atoms with Gasteiger partial charge in [-0.1, -0.05) is 56.2 Å². The van der Waals surface area contributed by atoms with Gasteiger partial charge < -0.3 is 20.5 Å². The fraction of sp³-hybridized carbons (Fsp3) is 0.529. The molecule has 0 radical (unpaired) electrons. The zero-order valence-corrected chi connectivity index (χ0v) is 13.6. The SMILES string of the molecule is CCCCCc1ccc(/C=C/[C@H](O)C(CO)NB(C)O)cc1. The number of hydrogen-bond donors (Lipinski definition) is 4. The van der Waals surface area contributed by atoms with Crippen molar-refractivity contribution in [3.63, 3.8) is 0 Å². The molecule has 4 N–H and O–H groups in total. The number of rotatable bonds is 10. The molecule has 22 heavy (non-hydrogen) atoms. The minimum Gasteiger partial charge on any atom is -0.437 e. The van der Waals surface area contributed by atoms with Gasteiger partial charge in [-0.25, -0.2) is 0 Å². The van der Waals surface area contributed by atoms with Crippen molar-refractivity contribution in [1.82, 2.24) is 5.23 Å². The molecule has 1 rings (SSSR count). The molecule has 1 aromatic carbocycles. The normalized spacial score (nSPS) is 14.2. The lowest BCUT2D eigenvalue weighted by Crippen LogP contribution is -2.48. The number of nitrogens with one attached hydrogen (secondary N) is 1. The standard InChI is InChI=1S/C17H28BNO3/c1-3-4-5-6-14-7-9-15(10-8-14)11-12-17(21)16(13-20)19-18(2)22/h7-12,16-17,19-22H,3-6,13H2,1-2H3/b12-11+/t16?,17-/m0/s1. The second-order valence-corrected chi connectivity index (χ2v) is 5.68. The summed E-state index contributed by atoms with van der Waals surface area (Å²) >= 11 is 0. The van der Waals surface area contributed by atoms with Gasteiger partial charge in [0.1, 0.15) is 0 Å². The molecule has 0 bridgehead atoms. The molecular formula is C17H28BNO3. The van der Waals surface area contributed by atoms with E-state index in [0.29, 0.717) is 0 Å². The number of aliphatic hydroxyl groups is 2. The van der Waals surface area contributed by atoms with Crippen LogP contribution in [0.15, 0.2) is 30.3 Å². The molecule has 0 spiro atoms. The zero-order valence-electron chi connectivity index (χ0n) is 13.6. The molecule has 2 atom stereocenters. The van der Waals surface area contributed by atoms with Crippen LogP contribution in [0.2, 0.25) is 6.82 Å². The Hall–Kier alpha value is -1.14. The highest BCUT2D eigenvalue weighted by Gasteiger charge is 2.18. The number of aryl methyl sites for hydroxylation is 1. The smallest absolute Gasteiger partial charge is 0.374 e. The van der Waals surface area contributed by atoms with E-state index in [9.17, 15) is 15.2 Å². The summed E-state index contributed by atoms with van der Waals surface area (Å²) in [7, 11) is -0.775. The van der Waals surface area contributed by atoms with Gasteiger partial charge in [-0.05, 0) is 30.8 Å². The average Bonchev–Trinajstić information content (AvgIpc) is 2.51. The Bertz CT molecular complexity index is 434. The third-order valence-corrected chi connectivity index (χ3v) is 3.60. The van der Waals surface area contributed by atoms with Crippen LogP contribution in [0.25, 0.3) is 6.08 Å². The molecule has 0 saturated carbocycles. The minimum atomic E-state index is -0.858. The van der Waals surface area contributed by atoms with Crippen molar-refractivity contribution >= 4 is 13.1 Å². The van der Waals surface area contributed by atoms with Gasteiger partial charge in [0, 0.05) is 0 Å². The number of hydrogen-bond acceptors (Lipinski definition) is 4. The molecule has 5 heteroatoms. The molecule has 0 aliphatic carbocycles. The molecule has 122 valence electrons. The number of benzene rings is 1. The van der Waals surface area contributed by atoms with Gasteiger partial charge in [0.2, 0.25) is 0 Å². The molecule has 1 unspecified atom stereocenters. The Morgan fingerprint density at radius 1 is 1.23 bits per heavy atom. The van der Waals surface area contributed by atoms with Crippen LogP contribution in [-0.4, -0.2) is 41.0 Å². The molecular weight excluding hydrogens is 277 g/mol. The highest BCUT2D eigenvalue weighted by atomic mass is 16.3. The summed E-state index contributed by atoms with van der Waals surface area (Å²) in [5.41, 5.74) is 2.34. The van der Waals surface area contributed by atoms with E-state index in [4.69, 9.17) is 0 Å². The Kier molecular flexibility index (Phi) is 9.08. The summed E-state index contributed by atoms with van der Waals surface area (Å²) < 4.78 is 0. The summed E-state index contributed by atoms with van der Waals surface area (Å²) in [5, 5.41) is 31.2. The van der Waals surface area contributed by atoms with Crippen LogP contribution in [0.5, 0.6) is 0 Å². The second kappa shape index (κ2) is 10.6. The quantitative estimate of drug-likeness (QED) is 0.393. The number of aliphatic hydroxyl groups excluding tert-OH is 2. The van der Waals surface area contributed by atoms with E-state index < -0.39 is 19.2 Å². The van der Waals surface area contributed by atoms with E-state index in [-0.39, 0.29) is 6.61 Å². The van der Waals surface area contributed by atoms with Crippen LogP contribution < -0.4 is 5.23 Å². The van der Waals surface area contributed by atoms with Gasteiger partial charge in [0.25, 0.3) is 0 Å². The largest absolute Gasteiger partial charge is 0.437 e. The first-order valence-corrected chi connectivity index (χ1v) is 8.07. The zero-order chi connectivity index (χ0) is 16.4. The van der Waals surface area contributed by atoms with Crippen molar-refractivity contribution in [1.29, 1.82) is 0 Å². The lowest BCUT2D eigenvalue weighted by molar-refractivity contribution is 0.133. The highest BCUT2D eigenvalue weighted by molar-refractivity contribution is 6.45. The molecule has 0 aromatic heterocycles. The third kappa shape index (κ3) is 7.23. The molecule has 1 aromatic rings. The van der Waals surface area contributed by atoms with Crippen LogP contribution in [0.3, 0.4) is 0 Å². The van der Waals surface area contributed by atoms with E-state index in [1.807, 2.05) is 18.2 Å². The van der Waals surface area contributed by atoms with E-state index in [0.717, 1.165) is 12.0 Å². The van der Waals surface area contributed by atoms with Crippen molar-refractivity contribution in [2.75, 3.05) is 6.61 Å². The molecule has 0 saturated heterocycles. The van der Waals surface area contributed by atoms with E-state index in [2.05, 4.69) is 24.3 Å². The lowest BCUT2D eigenvalue weighted by atomic mass is 9.86. The maximum absolute atomic E-state index is 10.00. The van der Waals surface area contributed by atoms with Crippen molar-refractivity contribution in [3.8, 4) is 0 Å². The van der Waals surface area contributed by atoms with Crippen molar-refractivity contribution in [2.45, 2.75) is 51.6 Å². The topological polar surface area (TPSA) is 72.7 Å². The summed E-state index contributed by atoms with van der Waals surface area (Å²) in [6.07, 6.45) is 7.40.